The van der Waals surface area contributed by atoms with E-state index in [-0.39, 0.29) is 34.2 Å². The van der Waals surface area contributed by atoms with Crippen LogP contribution >= 0.6 is 11.6 Å². The molecule has 1 aromatic heterocycles. The first-order valence-electron chi connectivity index (χ1n) is 7.72. The molecule has 2 aromatic carbocycles. The standard InChI is InChI=1S/C19H15ClFNO4/c1-11-16(18(22-26-11)17-14(20)4-3-5-15(17)21)19(23)25-10-12-6-8-13(24-2)9-7-12/h3-9H,10H2,1-2H3. The third-order valence-electron chi connectivity index (χ3n) is 3.80. The molecule has 3 rings (SSSR count). The van der Waals surface area contributed by atoms with E-state index in [9.17, 15) is 9.18 Å². The molecule has 0 aliphatic heterocycles. The Labute approximate surface area is 154 Å². The van der Waals surface area contributed by atoms with E-state index < -0.39 is 11.8 Å². The first kappa shape index (κ1) is 17.9. The maximum absolute atomic E-state index is 14.2. The molecular formula is C19H15ClFNO4. The Balaban J connectivity index is 1.85. The van der Waals surface area contributed by atoms with Crippen LogP contribution in [0.4, 0.5) is 4.39 Å². The number of hydrogen-bond acceptors (Lipinski definition) is 5. The van der Waals surface area contributed by atoms with Crippen LogP contribution in [0.15, 0.2) is 47.0 Å². The van der Waals surface area contributed by atoms with E-state index in [0.717, 1.165) is 5.56 Å². The van der Waals surface area contributed by atoms with E-state index in [1.165, 1.54) is 18.2 Å². The van der Waals surface area contributed by atoms with E-state index >= 15 is 0 Å². The molecule has 0 radical (unpaired) electrons. The molecule has 0 atom stereocenters. The van der Waals surface area contributed by atoms with E-state index in [1.807, 2.05) is 0 Å². The molecule has 0 fully saturated rings. The summed E-state index contributed by atoms with van der Waals surface area (Å²) in [6, 6.07) is 11.3. The molecule has 0 saturated heterocycles. The van der Waals surface area contributed by atoms with Crippen molar-refractivity contribution in [3.63, 3.8) is 0 Å². The maximum atomic E-state index is 14.2. The number of esters is 1. The van der Waals surface area contributed by atoms with Gasteiger partial charge in [-0.05, 0) is 36.8 Å². The fraction of sp³-hybridized carbons (Fsp3) is 0.158. The lowest BCUT2D eigenvalue weighted by Gasteiger charge is -2.07. The van der Waals surface area contributed by atoms with Gasteiger partial charge in [-0.3, -0.25) is 0 Å². The van der Waals surface area contributed by atoms with Crippen molar-refractivity contribution in [3.8, 4) is 17.0 Å². The molecule has 0 amide bonds. The van der Waals surface area contributed by atoms with Gasteiger partial charge in [0, 0.05) is 0 Å². The average molecular weight is 376 g/mol. The summed E-state index contributed by atoms with van der Waals surface area (Å²) in [5.74, 6) is -0.352. The van der Waals surface area contributed by atoms with Gasteiger partial charge >= 0.3 is 5.97 Å². The van der Waals surface area contributed by atoms with Crippen LogP contribution in [0.5, 0.6) is 5.75 Å². The molecule has 0 aliphatic carbocycles. The molecule has 0 saturated carbocycles. The molecule has 0 aliphatic rings. The van der Waals surface area contributed by atoms with Crippen LogP contribution in [0.25, 0.3) is 11.3 Å². The maximum Gasteiger partial charge on any atom is 0.344 e. The number of carbonyl (C=O) groups is 1. The second kappa shape index (κ2) is 7.58. The van der Waals surface area contributed by atoms with Gasteiger partial charge in [0.15, 0.2) is 0 Å². The van der Waals surface area contributed by atoms with Gasteiger partial charge in [-0.15, -0.1) is 0 Å². The van der Waals surface area contributed by atoms with Gasteiger partial charge in [-0.2, -0.15) is 0 Å². The number of nitrogens with zero attached hydrogens (tertiary/aromatic N) is 1. The van der Waals surface area contributed by atoms with Gasteiger partial charge in [-0.25, -0.2) is 9.18 Å². The molecule has 0 unspecified atom stereocenters. The lowest BCUT2D eigenvalue weighted by Crippen LogP contribution is -2.08. The minimum atomic E-state index is -0.672. The first-order valence-corrected chi connectivity index (χ1v) is 8.09. The van der Waals surface area contributed by atoms with Crippen molar-refractivity contribution >= 4 is 17.6 Å². The lowest BCUT2D eigenvalue weighted by atomic mass is 10.1. The Bertz CT molecular complexity index is 917. The van der Waals surface area contributed by atoms with Gasteiger partial charge < -0.3 is 14.0 Å². The number of aryl methyl sites for hydroxylation is 1. The minimum absolute atomic E-state index is 0.00224. The molecule has 1 heterocycles. The van der Waals surface area contributed by atoms with Gasteiger partial charge in [0.25, 0.3) is 0 Å². The van der Waals surface area contributed by atoms with E-state index in [1.54, 1.807) is 38.3 Å². The minimum Gasteiger partial charge on any atom is -0.497 e. The summed E-state index contributed by atoms with van der Waals surface area (Å²) in [6.45, 7) is 1.59. The van der Waals surface area contributed by atoms with Crippen molar-refractivity contribution < 1.29 is 23.2 Å². The number of carbonyl (C=O) groups excluding carboxylic acids is 1. The van der Waals surface area contributed by atoms with Crippen LogP contribution in [0.2, 0.25) is 5.02 Å². The predicted octanol–water partition coefficient (Wildman–Crippen LogP) is 4.81. The van der Waals surface area contributed by atoms with Crippen LogP contribution < -0.4 is 4.74 Å². The summed E-state index contributed by atoms with van der Waals surface area (Å²) >= 11 is 6.07. The summed E-state index contributed by atoms with van der Waals surface area (Å²) in [7, 11) is 1.57. The number of halogens is 2. The molecule has 26 heavy (non-hydrogen) atoms. The zero-order valence-electron chi connectivity index (χ0n) is 14.1. The molecule has 3 aromatic rings. The van der Waals surface area contributed by atoms with Gasteiger partial charge in [0.1, 0.15) is 35.2 Å². The number of rotatable bonds is 5. The average Bonchev–Trinajstić information content (AvgIpc) is 3.01. The van der Waals surface area contributed by atoms with Gasteiger partial charge in [0.05, 0.1) is 17.7 Å². The van der Waals surface area contributed by atoms with Crippen LogP contribution in [0.1, 0.15) is 21.7 Å². The highest BCUT2D eigenvalue weighted by Gasteiger charge is 2.26. The van der Waals surface area contributed by atoms with E-state index in [0.29, 0.717) is 5.75 Å². The predicted molar refractivity (Wildman–Crippen MR) is 93.8 cm³/mol. The largest absolute Gasteiger partial charge is 0.497 e. The van der Waals surface area contributed by atoms with Crippen LogP contribution in [-0.2, 0) is 11.3 Å². The highest BCUT2D eigenvalue weighted by molar-refractivity contribution is 6.33. The molecular weight excluding hydrogens is 361 g/mol. The second-order valence-corrected chi connectivity index (χ2v) is 5.89. The van der Waals surface area contributed by atoms with Crippen LogP contribution in [-0.4, -0.2) is 18.2 Å². The van der Waals surface area contributed by atoms with Crippen LogP contribution in [0, 0.1) is 12.7 Å². The summed E-state index contributed by atoms with van der Waals surface area (Å²) in [5.41, 5.74) is 0.844. The zero-order valence-corrected chi connectivity index (χ0v) is 14.8. The second-order valence-electron chi connectivity index (χ2n) is 5.48. The van der Waals surface area contributed by atoms with Crippen molar-refractivity contribution in [2.45, 2.75) is 13.5 Å². The molecule has 0 spiro atoms. The lowest BCUT2D eigenvalue weighted by molar-refractivity contribution is 0.0471. The zero-order chi connectivity index (χ0) is 18.7. The number of aromatic nitrogens is 1. The highest BCUT2D eigenvalue weighted by Crippen LogP contribution is 2.33. The summed E-state index contributed by atoms with van der Waals surface area (Å²) in [4.78, 5) is 12.5. The monoisotopic (exact) mass is 375 g/mol. The first-order chi connectivity index (χ1) is 12.5. The van der Waals surface area contributed by atoms with Gasteiger partial charge in [-0.1, -0.05) is 35.0 Å². The third-order valence-corrected chi connectivity index (χ3v) is 4.11. The van der Waals surface area contributed by atoms with Crippen LogP contribution in [0.3, 0.4) is 0 Å². The molecule has 0 N–H and O–H groups in total. The Morgan fingerprint density at radius 3 is 2.62 bits per heavy atom. The van der Waals surface area contributed by atoms with E-state index in [4.69, 9.17) is 25.6 Å². The highest BCUT2D eigenvalue weighted by atomic mass is 35.5. The third kappa shape index (κ3) is 3.55. The van der Waals surface area contributed by atoms with E-state index in [2.05, 4.69) is 5.16 Å². The van der Waals surface area contributed by atoms with Gasteiger partial charge in [0.2, 0.25) is 0 Å². The number of hydrogen-bond donors (Lipinski definition) is 0. The molecule has 134 valence electrons. The fourth-order valence-corrected chi connectivity index (χ4v) is 2.70. The smallest absolute Gasteiger partial charge is 0.344 e. The number of methoxy groups -OCH3 is 1. The SMILES string of the molecule is COc1ccc(COC(=O)c2c(-c3c(F)cccc3Cl)noc2C)cc1. The number of benzene rings is 2. The summed E-state index contributed by atoms with van der Waals surface area (Å²) in [5, 5.41) is 3.92. The van der Waals surface area contributed by atoms with Crippen molar-refractivity contribution in [2.24, 2.45) is 0 Å². The van der Waals surface area contributed by atoms with Crippen molar-refractivity contribution in [3.05, 3.63) is 70.2 Å². The fourth-order valence-electron chi connectivity index (χ4n) is 2.45. The Kier molecular flexibility index (Phi) is 5.23. The van der Waals surface area contributed by atoms with Crippen molar-refractivity contribution in [2.75, 3.05) is 7.11 Å². The quantitative estimate of drug-likeness (QED) is 0.599. The Hall–Kier alpha value is -2.86. The number of ether oxygens (including phenoxy) is 2. The Morgan fingerprint density at radius 2 is 1.96 bits per heavy atom. The normalized spacial score (nSPS) is 10.6. The Morgan fingerprint density at radius 1 is 1.23 bits per heavy atom. The summed E-state index contributed by atoms with van der Waals surface area (Å²) in [6.07, 6.45) is 0. The summed E-state index contributed by atoms with van der Waals surface area (Å²) < 4.78 is 29.7. The van der Waals surface area contributed by atoms with Crippen molar-refractivity contribution in [1.29, 1.82) is 0 Å². The van der Waals surface area contributed by atoms with Crippen molar-refractivity contribution in [1.82, 2.24) is 5.16 Å². The molecule has 5 nitrogen and oxygen atoms in total. The topological polar surface area (TPSA) is 61.6 Å². The molecule has 7 heteroatoms. The molecule has 0 bridgehead atoms.